The van der Waals surface area contributed by atoms with Gasteiger partial charge in [0.05, 0.1) is 19.1 Å². The highest BCUT2D eigenvalue weighted by atomic mass is 35.5. The van der Waals surface area contributed by atoms with E-state index in [9.17, 15) is 9.59 Å². The zero-order chi connectivity index (χ0) is 20.2. The second kappa shape index (κ2) is 8.84. The number of amides is 2. The minimum atomic E-state index is -0.357. The largest absolute Gasteiger partial charge is 0.378 e. The molecule has 29 heavy (non-hydrogen) atoms. The van der Waals surface area contributed by atoms with Crippen LogP contribution in [0, 0.1) is 5.92 Å². The molecule has 2 amide bonds. The highest BCUT2D eigenvalue weighted by molar-refractivity contribution is 6.31. The van der Waals surface area contributed by atoms with Crippen molar-refractivity contribution < 1.29 is 14.3 Å². The van der Waals surface area contributed by atoms with Gasteiger partial charge in [-0.2, -0.15) is 0 Å². The Bertz CT molecular complexity index is 881. The summed E-state index contributed by atoms with van der Waals surface area (Å²) in [7, 11) is 0. The van der Waals surface area contributed by atoms with Gasteiger partial charge in [0.25, 0.3) is 0 Å². The van der Waals surface area contributed by atoms with Crippen molar-refractivity contribution >= 4 is 34.8 Å². The summed E-state index contributed by atoms with van der Waals surface area (Å²) in [5.74, 6) is -0.504. The van der Waals surface area contributed by atoms with Crippen LogP contribution in [0.2, 0.25) is 5.02 Å². The summed E-state index contributed by atoms with van der Waals surface area (Å²) in [6, 6.07) is 15.3. The maximum atomic E-state index is 12.7. The highest BCUT2D eigenvalue weighted by Crippen LogP contribution is 2.25. The predicted molar refractivity (Wildman–Crippen MR) is 113 cm³/mol. The zero-order valence-corrected chi connectivity index (χ0v) is 16.9. The summed E-state index contributed by atoms with van der Waals surface area (Å²) in [4.78, 5) is 29.0. The molecule has 6 nitrogen and oxygen atoms in total. The van der Waals surface area contributed by atoms with Crippen LogP contribution in [0.3, 0.4) is 0 Å². The van der Waals surface area contributed by atoms with E-state index < -0.39 is 0 Å². The van der Waals surface area contributed by atoms with Gasteiger partial charge in [0.15, 0.2) is 0 Å². The number of hydrogen-bond donors (Lipinski definition) is 1. The van der Waals surface area contributed by atoms with Gasteiger partial charge in [-0.1, -0.05) is 29.8 Å². The molecule has 2 fully saturated rings. The number of ether oxygens (including phenoxy) is 1. The number of morpholine rings is 1. The molecule has 2 heterocycles. The van der Waals surface area contributed by atoms with Crippen LogP contribution < -0.4 is 10.2 Å². The summed E-state index contributed by atoms with van der Waals surface area (Å²) in [5, 5.41) is 3.58. The first-order chi connectivity index (χ1) is 14.1. The van der Waals surface area contributed by atoms with Crippen LogP contribution in [-0.2, 0) is 20.9 Å². The monoisotopic (exact) mass is 413 g/mol. The Morgan fingerprint density at radius 2 is 1.83 bits per heavy atom. The number of carbonyl (C=O) groups is 2. The van der Waals surface area contributed by atoms with E-state index in [4.69, 9.17) is 16.3 Å². The molecule has 2 aliphatic heterocycles. The molecule has 0 radical (unpaired) electrons. The molecular formula is C22H24ClN3O3. The molecule has 0 aliphatic carbocycles. The van der Waals surface area contributed by atoms with Gasteiger partial charge >= 0.3 is 0 Å². The lowest BCUT2D eigenvalue weighted by Crippen LogP contribution is -2.36. The number of likely N-dealkylation sites (tertiary alicyclic amines) is 1. The molecule has 1 atom stereocenters. The highest BCUT2D eigenvalue weighted by Gasteiger charge is 2.34. The van der Waals surface area contributed by atoms with Crippen LogP contribution in [0.25, 0.3) is 0 Å². The van der Waals surface area contributed by atoms with Gasteiger partial charge in [0.2, 0.25) is 11.8 Å². The molecule has 152 valence electrons. The zero-order valence-electron chi connectivity index (χ0n) is 16.1. The van der Waals surface area contributed by atoms with Gasteiger partial charge in [-0.05, 0) is 35.9 Å². The fourth-order valence-electron chi connectivity index (χ4n) is 3.75. The molecule has 4 rings (SSSR count). The van der Waals surface area contributed by atoms with Crippen LogP contribution in [0.4, 0.5) is 11.4 Å². The van der Waals surface area contributed by atoms with Crippen LogP contribution in [0.1, 0.15) is 12.0 Å². The summed E-state index contributed by atoms with van der Waals surface area (Å²) in [6.07, 6.45) is 0.224. The molecule has 0 bridgehead atoms. The molecule has 0 aromatic heterocycles. The maximum Gasteiger partial charge on any atom is 0.229 e. The third kappa shape index (κ3) is 4.71. The van der Waals surface area contributed by atoms with E-state index in [1.54, 1.807) is 4.90 Å². The van der Waals surface area contributed by atoms with E-state index in [2.05, 4.69) is 10.2 Å². The minimum absolute atomic E-state index is 0.0206. The van der Waals surface area contributed by atoms with Crippen molar-refractivity contribution in [1.29, 1.82) is 0 Å². The number of hydrogen-bond acceptors (Lipinski definition) is 4. The first-order valence-electron chi connectivity index (χ1n) is 9.85. The van der Waals surface area contributed by atoms with Crippen molar-refractivity contribution in [2.45, 2.75) is 13.0 Å². The molecular weight excluding hydrogens is 390 g/mol. The van der Waals surface area contributed by atoms with Gasteiger partial charge < -0.3 is 19.9 Å². The van der Waals surface area contributed by atoms with Crippen LogP contribution in [0.5, 0.6) is 0 Å². The number of halogens is 1. The van der Waals surface area contributed by atoms with Crippen LogP contribution in [-0.4, -0.2) is 49.6 Å². The Morgan fingerprint density at radius 1 is 1.10 bits per heavy atom. The average molecular weight is 414 g/mol. The third-order valence-corrected chi connectivity index (χ3v) is 5.78. The molecule has 2 aliphatic rings. The van der Waals surface area contributed by atoms with Crippen molar-refractivity contribution in [1.82, 2.24) is 4.90 Å². The van der Waals surface area contributed by atoms with Gasteiger partial charge in [0.1, 0.15) is 0 Å². The summed E-state index contributed by atoms with van der Waals surface area (Å²) in [5.41, 5.74) is 2.75. The molecule has 7 heteroatoms. The second-order valence-electron chi connectivity index (χ2n) is 7.40. The van der Waals surface area contributed by atoms with Crippen LogP contribution in [0.15, 0.2) is 48.5 Å². The first kappa shape index (κ1) is 19.7. The molecule has 1 N–H and O–H groups in total. The SMILES string of the molecule is O=C(Nc1ccc(N2CCOCC2)cc1)[C@@H]1CC(=O)N(Cc2ccccc2Cl)C1. The van der Waals surface area contributed by atoms with E-state index in [-0.39, 0.29) is 24.2 Å². The number of nitrogens with zero attached hydrogens (tertiary/aromatic N) is 2. The Balaban J connectivity index is 1.34. The lowest BCUT2D eigenvalue weighted by molar-refractivity contribution is -0.128. The predicted octanol–water partition coefficient (Wildman–Crippen LogP) is 3.16. The van der Waals surface area contributed by atoms with Crippen molar-refractivity contribution in [3.8, 4) is 0 Å². The van der Waals surface area contributed by atoms with Gasteiger partial charge in [0, 0.05) is 49.0 Å². The third-order valence-electron chi connectivity index (χ3n) is 5.42. The average Bonchev–Trinajstić information content (AvgIpc) is 3.11. The fourth-order valence-corrected chi connectivity index (χ4v) is 3.95. The number of carbonyl (C=O) groups excluding carboxylic acids is 2. The Hall–Kier alpha value is -2.57. The summed E-state index contributed by atoms with van der Waals surface area (Å²) in [6.45, 7) is 4.05. The van der Waals surface area contributed by atoms with Crippen molar-refractivity contribution in [3.63, 3.8) is 0 Å². The van der Waals surface area contributed by atoms with Gasteiger partial charge in [-0.3, -0.25) is 9.59 Å². The van der Waals surface area contributed by atoms with Crippen molar-refractivity contribution in [2.75, 3.05) is 43.1 Å². The Kier molecular flexibility index (Phi) is 6.02. The maximum absolute atomic E-state index is 12.7. The van der Waals surface area contributed by atoms with E-state index in [0.717, 1.165) is 43.2 Å². The molecule has 2 aromatic carbocycles. The lowest BCUT2D eigenvalue weighted by Gasteiger charge is -2.28. The van der Waals surface area contributed by atoms with Gasteiger partial charge in [-0.15, -0.1) is 0 Å². The number of benzene rings is 2. The van der Waals surface area contributed by atoms with Gasteiger partial charge in [-0.25, -0.2) is 0 Å². The smallest absolute Gasteiger partial charge is 0.229 e. The summed E-state index contributed by atoms with van der Waals surface area (Å²) >= 11 is 6.20. The first-order valence-corrected chi connectivity index (χ1v) is 10.2. The van der Waals surface area contributed by atoms with E-state index in [0.29, 0.717) is 18.1 Å². The minimum Gasteiger partial charge on any atom is -0.378 e. The van der Waals surface area contributed by atoms with E-state index in [1.165, 1.54) is 0 Å². The number of rotatable bonds is 5. The molecule has 2 saturated heterocycles. The number of nitrogens with one attached hydrogen (secondary N) is 1. The lowest BCUT2D eigenvalue weighted by atomic mass is 10.1. The number of anilines is 2. The molecule has 0 saturated carbocycles. The molecule has 2 aromatic rings. The van der Waals surface area contributed by atoms with E-state index in [1.807, 2.05) is 48.5 Å². The Labute approximate surface area is 175 Å². The fraction of sp³-hybridized carbons (Fsp3) is 0.364. The Morgan fingerprint density at radius 3 is 2.55 bits per heavy atom. The molecule has 0 spiro atoms. The normalized spacial score (nSPS) is 19.5. The second-order valence-corrected chi connectivity index (χ2v) is 7.81. The standard InChI is InChI=1S/C22H24ClN3O3/c23-20-4-2-1-3-16(20)14-26-15-17(13-21(26)27)22(28)24-18-5-7-19(8-6-18)25-9-11-29-12-10-25/h1-8,17H,9-15H2,(H,24,28)/t17-/m1/s1. The summed E-state index contributed by atoms with van der Waals surface area (Å²) < 4.78 is 5.38. The van der Waals surface area contributed by atoms with E-state index >= 15 is 0 Å². The van der Waals surface area contributed by atoms with Crippen LogP contribution >= 0.6 is 11.6 Å². The molecule has 0 unspecified atom stereocenters. The van der Waals surface area contributed by atoms with Crippen molar-refractivity contribution in [3.05, 3.63) is 59.1 Å². The van der Waals surface area contributed by atoms with Crippen molar-refractivity contribution in [2.24, 2.45) is 5.92 Å². The topological polar surface area (TPSA) is 61.9 Å². The quantitative estimate of drug-likeness (QED) is 0.817.